The van der Waals surface area contributed by atoms with Gasteiger partial charge in [0.2, 0.25) is 0 Å². The molecule has 2 nitrogen and oxygen atoms in total. The summed E-state index contributed by atoms with van der Waals surface area (Å²) in [5, 5.41) is 9.39. The predicted octanol–water partition coefficient (Wildman–Crippen LogP) is 3.38. The highest BCUT2D eigenvalue weighted by molar-refractivity contribution is 7.99. The molecule has 0 unspecified atom stereocenters. The second-order valence-corrected chi connectivity index (χ2v) is 5.45. The summed E-state index contributed by atoms with van der Waals surface area (Å²) in [5.74, 6) is -1.21. The average Bonchev–Trinajstić information content (AvgIpc) is 2.17. The zero-order valence-electron chi connectivity index (χ0n) is 9.23. The van der Waals surface area contributed by atoms with E-state index in [9.17, 15) is 4.79 Å². The van der Waals surface area contributed by atoms with Gasteiger partial charge >= 0.3 is 5.97 Å². The van der Waals surface area contributed by atoms with Crippen LogP contribution < -0.4 is 0 Å². The molecule has 0 saturated carbocycles. The topological polar surface area (TPSA) is 37.3 Å². The van der Waals surface area contributed by atoms with Crippen molar-refractivity contribution in [2.24, 2.45) is 0 Å². The molecule has 1 N–H and O–H groups in total. The third-order valence-electron chi connectivity index (χ3n) is 2.12. The lowest BCUT2D eigenvalue weighted by Crippen LogP contribution is -2.06. The van der Waals surface area contributed by atoms with Gasteiger partial charge in [0.15, 0.2) is 0 Å². The van der Waals surface area contributed by atoms with E-state index in [4.69, 9.17) is 5.11 Å². The molecule has 3 heteroatoms. The molecule has 1 aromatic carbocycles. The monoisotopic (exact) mass is 224 g/mol. The second-order valence-electron chi connectivity index (χ2n) is 3.80. The van der Waals surface area contributed by atoms with Gasteiger partial charge < -0.3 is 5.11 Å². The van der Waals surface area contributed by atoms with Crippen LogP contribution in [-0.4, -0.2) is 16.3 Å². The van der Waals surface area contributed by atoms with Crippen molar-refractivity contribution in [3.8, 4) is 0 Å². The Balaban J connectivity index is 2.76. The summed E-state index contributed by atoms with van der Waals surface area (Å²) in [7, 11) is 0. The molecule has 0 spiro atoms. The molecule has 15 heavy (non-hydrogen) atoms. The minimum atomic E-state index is -0.778. The molecule has 1 aromatic rings. The maximum Gasteiger partial charge on any atom is 0.310 e. The summed E-state index contributed by atoms with van der Waals surface area (Å²) < 4.78 is 0. The van der Waals surface area contributed by atoms with Crippen LogP contribution in [0.15, 0.2) is 29.2 Å². The van der Waals surface area contributed by atoms with Crippen molar-refractivity contribution in [1.29, 1.82) is 0 Å². The number of aliphatic carboxylic acids is 1. The molecule has 0 aromatic heterocycles. The highest BCUT2D eigenvalue weighted by Crippen LogP contribution is 2.25. The zero-order valence-corrected chi connectivity index (χ0v) is 10.0. The van der Waals surface area contributed by atoms with Crippen molar-refractivity contribution in [2.45, 2.75) is 36.8 Å². The lowest BCUT2D eigenvalue weighted by molar-refractivity contribution is -0.138. The molecule has 1 rings (SSSR count). The molecule has 0 amide bonds. The lowest BCUT2D eigenvalue weighted by atomic mass is 10.0. The summed E-state index contributed by atoms with van der Waals surface area (Å²) >= 11 is 1.78. The van der Waals surface area contributed by atoms with Crippen LogP contribution in [0.4, 0.5) is 0 Å². The summed E-state index contributed by atoms with van der Waals surface area (Å²) in [5.41, 5.74) is 0.857. The predicted molar refractivity (Wildman–Crippen MR) is 63.5 cm³/mol. The minimum absolute atomic E-state index is 0.428. The molecule has 82 valence electrons. The molecule has 0 bridgehead atoms. The Bertz CT molecular complexity index is 330. The number of benzene rings is 1. The van der Waals surface area contributed by atoms with E-state index in [2.05, 4.69) is 13.8 Å². The molecule has 0 aliphatic heterocycles. The van der Waals surface area contributed by atoms with Crippen molar-refractivity contribution >= 4 is 17.7 Å². The Labute approximate surface area is 94.7 Å². The van der Waals surface area contributed by atoms with Crippen molar-refractivity contribution in [2.75, 3.05) is 0 Å². The van der Waals surface area contributed by atoms with Gasteiger partial charge in [-0.15, -0.1) is 11.8 Å². The van der Waals surface area contributed by atoms with Crippen molar-refractivity contribution in [1.82, 2.24) is 0 Å². The number of rotatable bonds is 4. The van der Waals surface area contributed by atoms with Gasteiger partial charge in [0.25, 0.3) is 0 Å². The SMILES string of the molecule is CC(C)Sc1ccc([C@@H](C)C(=O)O)cc1. The van der Waals surface area contributed by atoms with Gasteiger partial charge in [-0.1, -0.05) is 26.0 Å². The van der Waals surface area contributed by atoms with E-state index in [-0.39, 0.29) is 0 Å². The van der Waals surface area contributed by atoms with Gasteiger partial charge in [-0.3, -0.25) is 4.79 Å². The molecular formula is C12H16O2S. The highest BCUT2D eigenvalue weighted by Gasteiger charge is 2.12. The zero-order chi connectivity index (χ0) is 11.4. The van der Waals surface area contributed by atoms with Gasteiger partial charge in [-0.2, -0.15) is 0 Å². The Morgan fingerprint density at radius 3 is 2.13 bits per heavy atom. The molecule has 0 heterocycles. The Morgan fingerprint density at radius 2 is 1.73 bits per heavy atom. The number of carboxylic acids is 1. The molecular weight excluding hydrogens is 208 g/mol. The van der Waals surface area contributed by atoms with E-state index in [0.29, 0.717) is 5.25 Å². The van der Waals surface area contributed by atoms with Crippen LogP contribution in [0.1, 0.15) is 32.3 Å². The highest BCUT2D eigenvalue weighted by atomic mass is 32.2. The third-order valence-corrected chi connectivity index (χ3v) is 3.14. The number of carbonyl (C=O) groups is 1. The van der Waals surface area contributed by atoms with Crippen molar-refractivity contribution < 1.29 is 9.90 Å². The standard InChI is InChI=1S/C12H16O2S/c1-8(2)15-11-6-4-10(5-7-11)9(3)12(13)14/h4-9H,1-3H3,(H,13,14)/t9-/m1/s1. The van der Waals surface area contributed by atoms with E-state index in [0.717, 1.165) is 5.56 Å². The normalized spacial score (nSPS) is 12.8. The second kappa shape index (κ2) is 5.21. The number of carboxylic acid groups (broad SMARTS) is 1. The van der Waals surface area contributed by atoms with Gasteiger partial charge in [-0.05, 0) is 24.6 Å². The number of hydrogen-bond acceptors (Lipinski definition) is 2. The molecule has 0 saturated heterocycles. The average molecular weight is 224 g/mol. The van der Waals surface area contributed by atoms with Crippen LogP contribution in [0.5, 0.6) is 0 Å². The molecule has 0 aliphatic carbocycles. The van der Waals surface area contributed by atoms with E-state index >= 15 is 0 Å². The van der Waals surface area contributed by atoms with E-state index < -0.39 is 11.9 Å². The summed E-state index contributed by atoms with van der Waals surface area (Å²) in [4.78, 5) is 11.9. The van der Waals surface area contributed by atoms with E-state index in [1.807, 2.05) is 24.3 Å². The van der Waals surface area contributed by atoms with Gasteiger partial charge in [0.05, 0.1) is 5.92 Å². The Morgan fingerprint density at radius 1 is 1.20 bits per heavy atom. The van der Waals surface area contributed by atoms with E-state index in [1.165, 1.54) is 4.90 Å². The van der Waals surface area contributed by atoms with Gasteiger partial charge in [0.1, 0.15) is 0 Å². The first-order valence-corrected chi connectivity index (χ1v) is 5.88. The lowest BCUT2D eigenvalue weighted by Gasteiger charge is -2.08. The van der Waals surface area contributed by atoms with Crippen molar-refractivity contribution in [3.63, 3.8) is 0 Å². The van der Waals surface area contributed by atoms with Crippen LogP contribution in [0.2, 0.25) is 0 Å². The molecule has 0 radical (unpaired) electrons. The summed E-state index contributed by atoms with van der Waals surface area (Å²) in [6, 6.07) is 7.76. The molecule has 0 fully saturated rings. The first-order chi connectivity index (χ1) is 7.00. The smallest absolute Gasteiger partial charge is 0.310 e. The molecule has 1 atom stereocenters. The van der Waals surface area contributed by atoms with Crippen LogP contribution in [-0.2, 0) is 4.79 Å². The number of hydrogen-bond donors (Lipinski definition) is 1. The fraction of sp³-hybridized carbons (Fsp3) is 0.417. The fourth-order valence-corrected chi connectivity index (χ4v) is 2.09. The van der Waals surface area contributed by atoms with E-state index in [1.54, 1.807) is 18.7 Å². The van der Waals surface area contributed by atoms with Crippen molar-refractivity contribution in [3.05, 3.63) is 29.8 Å². The van der Waals surface area contributed by atoms with Gasteiger partial charge in [-0.25, -0.2) is 0 Å². The fourth-order valence-electron chi connectivity index (χ4n) is 1.25. The minimum Gasteiger partial charge on any atom is -0.481 e. The maximum atomic E-state index is 10.8. The van der Waals surface area contributed by atoms with Crippen LogP contribution >= 0.6 is 11.8 Å². The first kappa shape index (κ1) is 12.1. The molecule has 0 aliphatic rings. The van der Waals surface area contributed by atoms with Crippen LogP contribution in [0.25, 0.3) is 0 Å². The Hall–Kier alpha value is -0.960. The quantitative estimate of drug-likeness (QED) is 0.797. The van der Waals surface area contributed by atoms with Crippen LogP contribution in [0.3, 0.4) is 0 Å². The number of thioether (sulfide) groups is 1. The Kier molecular flexibility index (Phi) is 4.21. The summed E-state index contributed by atoms with van der Waals surface area (Å²) in [6.07, 6.45) is 0. The largest absolute Gasteiger partial charge is 0.481 e. The third kappa shape index (κ3) is 3.59. The summed E-state index contributed by atoms with van der Waals surface area (Å²) in [6.45, 7) is 5.98. The van der Waals surface area contributed by atoms with Crippen LogP contribution in [0, 0.1) is 0 Å². The van der Waals surface area contributed by atoms with Gasteiger partial charge in [0, 0.05) is 10.1 Å². The maximum absolute atomic E-state index is 10.8. The first-order valence-electron chi connectivity index (χ1n) is 5.00.